The van der Waals surface area contributed by atoms with Crippen LogP contribution in [0.4, 0.5) is 0 Å². The first-order valence-electron chi connectivity index (χ1n) is 6.57. The van der Waals surface area contributed by atoms with Crippen molar-refractivity contribution in [2.75, 3.05) is 19.8 Å². The number of carbonyl (C=O) groups is 2. The molecule has 0 unspecified atom stereocenters. The fraction of sp³-hybridized carbons (Fsp3) is 0.429. The van der Waals surface area contributed by atoms with E-state index in [4.69, 9.17) is 32.7 Å². The van der Waals surface area contributed by atoms with Crippen LogP contribution in [0.1, 0.15) is 23.2 Å². The summed E-state index contributed by atoms with van der Waals surface area (Å²) in [5.74, 6) is -1.06. The molecule has 1 saturated heterocycles. The van der Waals surface area contributed by atoms with Gasteiger partial charge in [0, 0.05) is 13.2 Å². The minimum Gasteiger partial charge on any atom is -0.452 e. The zero-order chi connectivity index (χ0) is 15.2. The quantitative estimate of drug-likeness (QED) is 0.841. The predicted octanol–water partition coefficient (Wildman–Crippen LogP) is 2.45. The van der Waals surface area contributed by atoms with Gasteiger partial charge in [-0.1, -0.05) is 29.3 Å². The molecule has 1 aliphatic heterocycles. The molecule has 0 saturated carbocycles. The monoisotopic (exact) mass is 331 g/mol. The number of rotatable bonds is 5. The van der Waals surface area contributed by atoms with Gasteiger partial charge in [0.05, 0.1) is 21.7 Å². The summed E-state index contributed by atoms with van der Waals surface area (Å²) in [5.41, 5.74) is 0.135. The normalized spacial score (nSPS) is 17.5. The first kappa shape index (κ1) is 16.1. The number of halogens is 2. The van der Waals surface area contributed by atoms with Crippen LogP contribution in [0.15, 0.2) is 18.2 Å². The van der Waals surface area contributed by atoms with Crippen molar-refractivity contribution in [3.8, 4) is 0 Å². The maximum absolute atomic E-state index is 11.8. The summed E-state index contributed by atoms with van der Waals surface area (Å²) in [6.07, 6.45) is 1.98. The predicted molar refractivity (Wildman–Crippen MR) is 78.7 cm³/mol. The van der Waals surface area contributed by atoms with Crippen molar-refractivity contribution in [1.29, 1.82) is 0 Å². The molecule has 1 amide bonds. The number of ether oxygens (including phenoxy) is 2. The number of benzene rings is 1. The van der Waals surface area contributed by atoms with Crippen molar-refractivity contribution in [3.05, 3.63) is 33.8 Å². The number of hydrogen-bond donors (Lipinski definition) is 1. The van der Waals surface area contributed by atoms with Crippen LogP contribution in [-0.2, 0) is 14.3 Å². The van der Waals surface area contributed by atoms with E-state index in [1.165, 1.54) is 6.07 Å². The van der Waals surface area contributed by atoms with Crippen molar-refractivity contribution >= 4 is 35.1 Å². The number of nitrogens with one attached hydrogen (secondary N) is 1. The maximum Gasteiger partial charge on any atom is 0.340 e. The van der Waals surface area contributed by atoms with E-state index in [0.29, 0.717) is 6.54 Å². The molecule has 5 nitrogen and oxygen atoms in total. The number of carbonyl (C=O) groups excluding carboxylic acids is 2. The summed E-state index contributed by atoms with van der Waals surface area (Å²) in [4.78, 5) is 23.4. The molecular formula is C14H15Cl2NO4. The molecule has 1 fully saturated rings. The molecule has 0 bridgehead atoms. The molecule has 1 atom stereocenters. The van der Waals surface area contributed by atoms with Crippen LogP contribution in [0, 0.1) is 0 Å². The highest BCUT2D eigenvalue weighted by atomic mass is 35.5. The highest BCUT2D eigenvalue weighted by molar-refractivity contribution is 6.43. The van der Waals surface area contributed by atoms with Crippen LogP contribution in [0.3, 0.4) is 0 Å². The first-order chi connectivity index (χ1) is 10.1. The lowest BCUT2D eigenvalue weighted by molar-refractivity contribution is -0.124. The maximum atomic E-state index is 11.8. The second kappa shape index (κ2) is 7.64. The van der Waals surface area contributed by atoms with Crippen molar-refractivity contribution in [2.45, 2.75) is 18.9 Å². The Hall–Kier alpha value is -1.30. The molecule has 0 spiro atoms. The molecule has 7 heteroatoms. The van der Waals surface area contributed by atoms with E-state index in [1.807, 2.05) is 0 Å². The van der Waals surface area contributed by atoms with Crippen molar-refractivity contribution in [1.82, 2.24) is 5.32 Å². The third kappa shape index (κ3) is 4.59. The van der Waals surface area contributed by atoms with Gasteiger partial charge in [-0.3, -0.25) is 4.79 Å². The second-order valence-corrected chi connectivity index (χ2v) is 5.40. The highest BCUT2D eigenvalue weighted by Crippen LogP contribution is 2.25. The van der Waals surface area contributed by atoms with E-state index in [1.54, 1.807) is 12.1 Å². The molecule has 1 aromatic carbocycles. The van der Waals surface area contributed by atoms with E-state index < -0.39 is 5.97 Å². The minimum atomic E-state index is -0.685. The SMILES string of the molecule is O=C(COC(=O)c1cccc(Cl)c1Cl)NC[C@H]1CCCO1. The van der Waals surface area contributed by atoms with Gasteiger partial charge in [0.15, 0.2) is 6.61 Å². The Morgan fingerprint density at radius 3 is 2.90 bits per heavy atom. The fourth-order valence-corrected chi connectivity index (χ4v) is 2.33. The van der Waals surface area contributed by atoms with Gasteiger partial charge in [0.2, 0.25) is 0 Å². The van der Waals surface area contributed by atoms with Crippen LogP contribution < -0.4 is 5.32 Å². The van der Waals surface area contributed by atoms with E-state index in [-0.39, 0.29) is 34.2 Å². The van der Waals surface area contributed by atoms with Gasteiger partial charge >= 0.3 is 5.97 Å². The van der Waals surface area contributed by atoms with E-state index in [2.05, 4.69) is 5.32 Å². The van der Waals surface area contributed by atoms with Gasteiger partial charge in [-0.15, -0.1) is 0 Å². The van der Waals surface area contributed by atoms with Crippen LogP contribution in [0.25, 0.3) is 0 Å². The molecule has 1 heterocycles. The third-order valence-electron chi connectivity index (χ3n) is 3.06. The molecule has 0 radical (unpaired) electrons. The van der Waals surface area contributed by atoms with E-state index in [0.717, 1.165) is 19.4 Å². The van der Waals surface area contributed by atoms with Gasteiger partial charge < -0.3 is 14.8 Å². The standard InChI is InChI=1S/C14H15Cl2NO4/c15-11-5-1-4-10(13(11)16)14(19)21-8-12(18)17-7-9-3-2-6-20-9/h1,4-5,9H,2-3,6-8H2,(H,17,18)/t9-/m1/s1. The lowest BCUT2D eigenvalue weighted by Gasteiger charge is -2.11. The summed E-state index contributed by atoms with van der Waals surface area (Å²) >= 11 is 11.7. The molecule has 1 aromatic rings. The van der Waals surface area contributed by atoms with Crippen LogP contribution in [0.5, 0.6) is 0 Å². The van der Waals surface area contributed by atoms with Crippen molar-refractivity contribution in [2.24, 2.45) is 0 Å². The van der Waals surface area contributed by atoms with E-state index in [9.17, 15) is 9.59 Å². The number of esters is 1. The molecule has 0 aliphatic carbocycles. The lowest BCUT2D eigenvalue weighted by Crippen LogP contribution is -2.34. The Morgan fingerprint density at radius 1 is 1.38 bits per heavy atom. The first-order valence-corrected chi connectivity index (χ1v) is 7.33. The second-order valence-electron chi connectivity index (χ2n) is 4.62. The Bertz CT molecular complexity index is 530. The lowest BCUT2D eigenvalue weighted by atomic mass is 10.2. The Morgan fingerprint density at radius 2 is 2.19 bits per heavy atom. The summed E-state index contributed by atoms with van der Waals surface area (Å²) in [6, 6.07) is 4.64. The zero-order valence-corrected chi connectivity index (χ0v) is 12.7. The number of amides is 1. The molecular weight excluding hydrogens is 317 g/mol. The minimum absolute atomic E-state index is 0.0482. The van der Waals surface area contributed by atoms with Crippen molar-refractivity contribution < 1.29 is 19.1 Å². The van der Waals surface area contributed by atoms with Crippen LogP contribution >= 0.6 is 23.2 Å². The summed E-state index contributed by atoms with van der Waals surface area (Å²) in [7, 11) is 0. The number of hydrogen-bond acceptors (Lipinski definition) is 4. The van der Waals surface area contributed by atoms with Gasteiger partial charge in [-0.25, -0.2) is 4.79 Å². The average Bonchev–Trinajstić information content (AvgIpc) is 2.99. The van der Waals surface area contributed by atoms with Gasteiger partial charge in [0.1, 0.15) is 0 Å². The summed E-state index contributed by atoms with van der Waals surface area (Å²) in [5, 5.41) is 3.03. The zero-order valence-electron chi connectivity index (χ0n) is 11.2. The fourth-order valence-electron chi connectivity index (χ4n) is 1.95. The Balaban J connectivity index is 1.77. The molecule has 2 rings (SSSR count). The summed E-state index contributed by atoms with van der Waals surface area (Å²) < 4.78 is 10.3. The largest absolute Gasteiger partial charge is 0.452 e. The molecule has 0 aromatic heterocycles. The van der Waals surface area contributed by atoms with Gasteiger partial charge in [0.25, 0.3) is 5.91 Å². The molecule has 1 N–H and O–H groups in total. The third-order valence-corrected chi connectivity index (χ3v) is 3.88. The molecule has 114 valence electrons. The Kier molecular flexibility index (Phi) is 5.85. The Labute approximate surface area is 132 Å². The molecule has 21 heavy (non-hydrogen) atoms. The topological polar surface area (TPSA) is 64.6 Å². The van der Waals surface area contributed by atoms with Crippen molar-refractivity contribution in [3.63, 3.8) is 0 Å². The van der Waals surface area contributed by atoms with Gasteiger partial charge in [-0.2, -0.15) is 0 Å². The van der Waals surface area contributed by atoms with Gasteiger partial charge in [-0.05, 0) is 25.0 Å². The summed E-state index contributed by atoms with van der Waals surface area (Å²) in [6.45, 7) is 0.783. The molecule has 1 aliphatic rings. The smallest absolute Gasteiger partial charge is 0.340 e. The van der Waals surface area contributed by atoms with Crippen LogP contribution in [-0.4, -0.2) is 37.7 Å². The average molecular weight is 332 g/mol. The van der Waals surface area contributed by atoms with E-state index >= 15 is 0 Å². The van der Waals surface area contributed by atoms with Crippen LogP contribution in [0.2, 0.25) is 10.0 Å². The highest BCUT2D eigenvalue weighted by Gasteiger charge is 2.18.